The molecule has 1 aliphatic rings. The summed E-state index contributed by atoms with van der Waals surface area (Å²) < 4.78 is 1.59. The van der Waals surface area contributed by atoms with E-state index < -0.39 is 0 Å². The summed E-state index contributed by atoms with van der Waals surface area (Å²) in [6, 6.07) is 1.72. The van der Waals surface area contributed by atoms with Crippen molar-refractivity contribution in [1.82, 2.24) is 20.4 Å². The zero-order chi connectivity index (χ0) is 10.7. The monoisotopic (exact) mass is 244 g/mol. The lowest BCUT2D eigenvalue weighted by atomic mass is 10.1. The summed E-state index contributed by atoms with van der Waals surface area (Å²) in [5.74, 6) is 0.532. The minimum atomic E-state index is -0.0399. The second-order valence-corrected chi connectivity index (χ2v) is 3.91. The zero-order valence-electron chi connectivity index (χ0n) is 9.27. The van der Waals surface area contributed by atoms with E-state index in [0.29, 0.717) is 11.6 Å². The van der Waals surface area contributed by atoms with Crippen molar-refractivity contribution in [3.63, 3.8) is 0 Å². The SMILES string of the molecule is Cl.Cn1nccc1C(=O)NCC1CCNC1. The third-order valence-electron chi connectivity index (χ3n) is 2.77. The first-order valence-corrected chi connectivity index (χ1v) is 5.24. The number of hydrogen-bond acceptors (Lipinski definition) is 3. The van der Waals surface area contributed by atoms with Crippen molar-refractivity contribution in [3.05, 3.63) is 18.0 Å². The van der Waals surface area contributed by atoms with Crippen LogP contribution in [0.4, 0.5) is 0 Å². The second-order valence-electron chi connectivity index (χ2n) is 3.91. The minimum Gasteiger partial charge on any atom is -0.350 e. The molecule has 2 N–H and O–H groups in total. The average molecular weight is 245 g/mol. The lowest BCUT2D eigenvalue weighted by Gasteiger charge is -2.09. The van der Waals surface area contributed by atoms with Crippen molar-refractivity contribution >= 4 is 18.3 Å². The standard InChI is InChI=1S/C10H16N4O.ClH/c1-14-9(3-5-13-14)10(15)12-7-8-2-4-11-6-8;/h3,5,8,11H,2,4,6-7H2,1H3,(H,12,15);1H. The first kappa shape index (κ1) is 13.0. The van der Waals surface area contributed by atoms with Crippen molar-refractivity contribution in [2.75, 3.05) is 19.6 Å². The van der Waals surface area contributed by atoms with Gasteiger partial charge in [0.1, 0.15) is 5.69 Å². The number of nitrogens with one attached hydrogen (secondary N) is 2. The Morgan fingerprint density at radius 2 is 2.56 bits per heavy atom. The van der Waals surface area contributed by atoms with Crippen LogP contribution in [0.3, 0.4) is 0 Å². The fourth-order valence-corrected chi connectivity index (χ4v) is 1.81. The summed E-state index contributed by atoms with van der Waals surface area (Å²) in [6.07, 6.45) is 2.78. The van der Waals surface area contributed by atoms with Gasteiger partial charge in [-0.25, -0.2) is 0 Å². The van der Waals surface area contributed by atoms with Gasteiger partial charge < -0.3 is 10.6 Å². The highest BCUT2D eigenvalue weighted by Gasteiger charge is 2.16. The zero-order valence-corrected chi connectivity index (χ0v) is 10.1. The molecular formula is C10H17ClN4O. The molecule has 1 aliphatic heterocycles. The number of aryl methyl sites for hydroxylation is 1. The summed E-state index contributed by atoms with van der Waals surface area (Å²) in [6.45, 7) is 2.81. The molecule has 1 saturated heterocycles. The van der Waals surface area contributed by atoms with E-state index in [1.165, 1.54) is 0 Å². The first-order chi connectivity index (χ1) is 7.27. The van der Waals surface area contributed by atoms with Crippen LogP contribution in [0.1, 0.15) is 16.9 Å². The largest absolute Gasteiger partial charge is 0.350 e. The second kappa shape index (κ2) is 5.86. The molecule has 1 atom stereocenters. The van der Waals surface area contributed by atoms with Gasteiger partial charge in [-0.1, -0.05) is 0 Å². The molecule has 0 bridgehead atoms. The van der Waals surface area contributed by atoms with E-state index in [1.807, 2.05) is 0 Å². The number of nitrogens with zero attached hydrogens (tertiary/aromatic N) is 2. The van der Waals surface area contributed by atoms with Crippen molar-refractivity contribution in [3.8, 4) is 0 Å². The van der Waals surface area contributed by atoms with Gasteiger partial charge in [-0.15, -0.1) is 12.4 Å². The van der Waals surface area contributed by atoms with E-state index in [2.05, 4.69) is 15.7 Å². The molecule has 5 nitrogen and oxygen atoms in total. The van der Waals surface area contributed by atoms with E-state index in [-0.39, 0.29) is 18.3 Å². The van der Waals surface area contributed by atoms with Gasteiger partial charge in [-0.05, 0) is 31.5 Å². The van der Waals surface area contributed by atoms with E-state index in [9.17, 15) is 4.79 Å². The van der Waals surface area contributed by atoms with Crippen LogP contribution >= 0.6 is 12.4 Å². The van der Waals surface area contributed by atoms with Crippen molar-refractivity contribution in [1.29, 1.82) is 0 Å². The lowest BCUT2D eigenvalue weighted by Crippen LogP contribution is -2.31. The average Bonchev–Trinajstić information content (AvgIpc) is 2.84. The number of rotatable bonds is 3. The number of aromatic nitrogens is 2. The Labute approximate surface area is 101 Å². The fraction of sp³-hybridized carbons (Fsp3) is 0.600. The summed E-state index contributed by atoms with van der Waals surface area (Å²) >= 11 is 0. The molecule has 1 fully saturated rings. The van der Waals surface area contributed by atoms with Gasteiger partial charge in [0.05, 0.1) is 0 Å². The van der Waals surface area contributed by atoms with E-state index >= 15 is 0 Å². The van der Waals surface area contributed by atoms with Crippen LogP contribution in [-0.4, -0.2) is 35.3 Å². The third kappa shape index (κ3) is 2.96. The predicted octanol–water partition coefficient (Wildman–Crippen LogP) is 0.181. The van der Waals surface area contributed by atoms with Crippen molar-refractivity contribution in [2.45, 2.75) is 6.42 Å². The Kier molecular flexibility index (Phi) is 4.76. The maximum absolute atomic E-state index is 11.7. The molecule has 0 radical (unpaired) electrons. The number of amides is 1. The molecule has 6 heteroatoms. The Balaban J connectivity index is 0.00000128. The molecule has 1 amide bonds. The molecule has 2 rings (SSSR count). The smallest absolute Gasteiger partial charge is 0.269 e. The van der Waals surface area contributed by atoms with Crippen LogP contribution in [-0.2, 0) is 7.05 Å². The lowest BCUT2D eigenvalue weighted by molar-refractivity contribution is 0.0939. The number of carbonyl (C=O) groups excluding carboxylic acids is 1. The highest BCUT2D eigenvalue weighted by Crippen LogP contribution is 2.05. The molecule has 0 aliphatic carbocycles. The third-order valence-corrected chi connectivity index (χ3v) is 2.77. The molecule has 2 heterocycles. The minimum absolute atomic E-state index is 0. The normalized spacial score (nSPS) is 19.2. The van der Waals surface area contributed by atoms with Crippen LogP contribution in [0.2, 0.25) is 0 Å². The Morgan fingerprint density at radius 1 is 1.75 bits per heavy atom. The van der Waals surface area contributed by atoms with Gasteiger partial charge in [-0.3, -0.25) is 9.48 Å². The maximum atomic E-state index is 11.7. The van der Waals surface area contributed by atoms with Gasteiger partial charge in [0.25, 0.3) is 5.91 Å². The molecular weight excluding hydrogens is 228 g/mol. The van der Waals surface area contributed by atoms with Crippen molar-refractivity contribution < 1.29 is 4.79 Å². The van der Waals surface area contributed by atoms with Crippen LogP contribution in [0.5, 0.6) is 0 Å². The highest BCUT2D eigenvalue weighted by molar-refractivity contribution is 5.92. The van der Waals surface area contributed by atoms with Crippen LogP contribution in [0, 0.1) is 5.92 Å². The van der Waals surface area contributed by atoms with Gasteiger partial charge in [-0.2, -0.15) is 5.10 Å². The Bertz CT molecular complexity index is 346. The predicted molar refractivity (Wildman–Crippen MR) is 63.8 cm³/mol. The molecule has 1 aromatic heterocycles. The number of carbonyl (C=O) groups is 1. The maximum Gasteiger partial charge on any atom is 0.269 e. The molecule has 16 heavy (non-hydrogen) atoms. The van der Waals surface area contributed by atoms with Crippen molar-refractivity contribution in [2.24, 2.45) is 13.0 Å². The van der Waals surface area contributed by atoms with Gasteiger partial charge in [0.2, 0.25) is 0 Å². The Hall–Kier alpha value is -1.07. The molecule has 1 unspecified atom stereocenters. The summed E-state index contributed by atoms with van der Waals surface area (Å²) in [5, 5.41) is 10.2. The molecule has 0 saturated carbocycles. The molecule has 0 spiro atoms. The molecule has 0 aromatic carbocycles. The quantitative estimate of drug-likeness (QED) is 0.798. The summed E-state index contributed by atoms with van der Waals surface area (Å²) in [7, 11) is 1.77. The van der Waals surface area contributed by atoms with E-state index in [1.54, 1.807) is 24.0 Å². The van der Waals surface area contributed by atoms with E-state index in [0.717, 1.165) is 26.1 Å². The number of halogens is 1. The van der Waals surface area contributed by atoms with Crippen LogP contribution in [0.15, 0.2) is 12.3 Å². The van der Waals surface area contributed by atoms with Gasteiger partial charge in [0.15, 0.2) is 0 Å². The highest BCUT2D eigenvalue weighted by atomic mass is 35.5. The summed E-state index contributed by atoms with van der Waals surface area (Å²) in [4.78, 5) is 11.7. The van der Waals surface area contributed by atoms with Gasteiger partial charge in [0, 0.05) is 19.8 Å². The topological polar surface area (TPSA) is 59.0 Å². The first-order valence-electron chi connectivity index (χ1n) is 5.24. The Morgan fingerprint density at radius 3 is 3.12 bits per heavy atom. The summed E-state index contributed by atoms with van der Waals surface area (Å²) in [5.41, 5.74) is 0.612. The fourth-order valence-electron chi connectivity index (χ4n) is 1.81. The van der Waals surface area contributed by atoms with Gasteiger partial charge >= 0.3 is 0 Å². The molecule has 1 aromatic rings. The number of hydrogen-bond donors (Lipinski definition) is 2. The molecule has 90 valence electrons. The van der Waals surface area contributed by atoms with E-state index in [4.69, 9.17) is 0 Å². The van der Waals surface area contributed by atoms with Crippen LogP contribution in [0.25, 0.3) is 0 Å². The van der Waals surface area contributed by atoms with Crippen LogP contribution < -0.4 is 10.6 Å².